The number of aromatic carboxylic acids is 1. The summed E-state index contributed by atoms with van der Waals surface area (Å²) in [6, 6.07) is 6.93. The van der Waals surface area contributed by atoms with Crippen LogP contribution in [0.5, 0.6) is 0 Å². The van der Waals surface area contributed by atoms with E-state index >= 15 is 0 Å². The van der Waals surface area contributed by atoms with Gasteiger partial charge in [-0.2, -0.15) is 12.6 Å². The Balaban J connectivity index is 1.94. The summed E-state index contributed by atoms with van der Waals surface area (Å²) in [7, 11) is 0. The summed E-state index contributed by atoms with van der Waals surface area (Å²) in [5.41, 5.74) is 1.33. The molecule has 1 rings (SSSR count). The van der Waals surface area contributed by atoms with Crippen LogP contribution in [0.3, 0.4) is 0 Å². The van der Waals surface area contributed by atoms with E-state index in [9.17, 15) is 4.79 Å². The molecule has 124 valence electrons. The summed E-state index contributed by atoms with van der Waals surface area (Å²) in [5.74, 6) is 0.142. The highest BCUT2D eigenvalue weighted by Crippen LogP contribution is 2.12. The molecule has 0 aliphatic carbocycles. The second-order valence-electron chi connectivity index (χ2n) is 5.71. The van der Waals surface area contributed by atoms with Crippen molar-refractivity contribution in [3.8, 4) is 0 Å². The standard InChI is InChI=1S/C18H29NO2S/c20-18(21)16-10-12-17(13-11-16)19-14-8-6-4-2-1-3-5-7-9-15-22/h10-13,19,22H,1-9,14-15H2,(H,20,21). The largest absolute Gasteiger partial charge is 0.478 e. The van der Waals surface area contributed by atoms with Crippen molar-refractivity contribution < 1.29 is 9.90 Å². The lowest BCUT2D eigenvalue weighted by Crippen LogP contribution is -2.02. The van der Waals surface area contributed by atoms with Crippen molar-refractivity contribution in [1.29, 1.82) is 0 Å². The van der Waals surface area contributed by atoms with Gasteiger partial charge in [-0.1, -0.05) is 44.9 Å². The zero-order valence-corrected chi connectivity index (χ0v) is 14.3. The fourth-order valence-corrected chi connectivity index (χ4v) is 2.66. The first-order valence-corrected chi connectivity index (χ1v) is 9.05. The molecule has 0 atom stereocenters. The van der Waals surface area contributed by atoms with Gasteiger partial charge in [-0.3, -0.25) is 0 Å². The Kier molecular flexibility index (Phi) is 10.6. The Labute approximate surface area is 139 Å². The Morgan fingerprint density at radius 1 is 0.864 bits per heavy atom. The number of anilines is 1. The maximum atomic E-state index is 10.7. The molecule has 0 amide bonds. The van der Waals surface area contributed by atoms with E-state index in [0.29, 0.717) is 5.56 Å². The highest BCUT2D eigenvalue weighted by molar-refractivity contribution is 7.80. The Hall–Kier alpha value is -1.16. The van der Waals surface area contributed by atoms with Gasteiger partial charge >= 0.3 is 5.97 Å². The van der Waals surface area contributed by atoms with Crippen LogP contribution in [0.2, 0.25) is 0 Å². The number of hydrogen-bond acceptors (Lipinski definition) is 3. The number of thiol groups is 1. The van der Waals surface area contributed by atoms with Crippen molar-refractivity contribution in [3.63, 3.8) is 0 Å². The molecule has 0 aliphatic rings. The lowest BCUT2D eigenvalue weighted by atomic mass is 10.1. The number of benzene rings is 1. The maximum Gasteiger partial charge on any atom is 0.335 e. The normalized spacial score (nSPS) is 10.6. The van der Waals surface area contributed by atoms with Crippen LogP contribution in [0.15, 0.2) is 24.3 Å². The molecule has 1 aromatic carbocycles. The average Bonchev–Trinajstić information content (AvgIpc) is 2.53. The highest BCUT2D eigenvalue weighted by Gasteiger charge is 2.01. The Morgan fingerprint density at radius 3 is 1.86 bits per heavy atom. The summed E-state index contributed by atoms with van der Waals surface area (Å²) in [4.78, 5) is 10.7. The molecule has 4 heteroatoms. The number of carbonyl (C=O) groups is 1. The average molecular weight is 324 g/mol. The second-order valence-corrected chi connectivity index (χ2v) is 6.16. The lowest BCUT2D eigenvalue weighted by molar-refractivity contribution is 0.0697. The monoisotopic (exact) mass is 323 g/mol. The molecule has 2 N–H and O–H groups in total. The molecule has 0 aliphatic heterocycles. The third-order valence-electron chi connectivity index (χ3n) is 3.80. The van der Waals surface area contributed by atoms with Crippen LogP contribution in [0, 0.1) is 0 Å². The molecular weight excluding hydrogens is 294 g/mol. The minimum atomic E-state index is -0.878. The number of rotatable bonds is 13. The summed E-state index contributed by atoms with van der Waals surface area (Å²) in [5, 5.41) is 12.2. The molecule has 0 heterocycles. The second kappa shape index (κ2) is 12.4. The van der Waals surface area contributed by atoms with E-state index in [1.54, 1.807) is 12.1 Å². The molecule has 0 saturated heterocycles. The van der Waals surface area contributed by atoms with Crippen LogP contribution in [0.25, 0.3) is 0 Å². The van der Waals surface area contributed by atoms with E-state index in [4.69, 9.17) is 5.11 Å². The van der Waals surface area contributed by atoms with Crippen molar-refractivity contribution >= 4 is 24.3 Å². The molecule has 0 unspecified atom stereocenters. The van der Waals surface area contributed by atoms with E-state index in [0.717, 1.165) is 18.0 Å². The number of unbranched alkanes of at least 4 members (excludes halogenated alkanes) is 8. The van der Waals surface area contributed by atoms with Crippen molar-refractivity contribution in [3.05, 3.63) is 29.8 Å². The minimum absolute atomic E-state index is 0.333. The van der Waals surface area contributed by atoms with E-state index in [2.05, 4.69) is 17.9 Å². The molecular formula is C18H29NO2S. The Morgan fingerprint density at radius 2 is 1.36 bits per heavy atom. The summed E-state index contributed by atoms with van der Waals surface area (Å²) in [6.07, 6.45) is 11.7. The first-order valence-electron chi connectivity index (χ1n) is 8.42. The number of carboxylic acids is 1. The van der Waals surface area contributed by atoms with Gasteiger partial charge in [-0.05, 0) is 42.9 Å². The van der Waals surface area contributed by atoms with Crippen LogP contribution in [-0.2, 0) is 0 Å². The van der Waals surface area contributed by atoms with Gasteiger partial charge in [-0.25, -0.2) is 4.79 Å². The van der Waals surface area contributed by atoms with Crippen LogP contribution in [0.4, 0.5) is 5.69 Å². The first kappa shape index (κ1) is 18.9. The van der Waals surface area contributed by atoms with Crippen LogP contribution < -0.4 is 5.32 Å². The molecule has 3 nitrogen and oxygen atoms in total. The Bertz CT molecular complexity index is 406. The quantitative estimate of drug-likeness (QED) is 0.344. The van der Waals surface area contributed by atoms with Gasteiger partial charge in [0.1, 0.15) is 0 Å². The van der Waals surface area contributed by atoms with E-state index < -0.39 is 5.97 Å². The van der Waals surface area contributed by atoms with Crippen LogP contribution >= 0.6 is 12.6 Å². The molecule has 1 aromatic rings. The van der Waals surface area contributed by atoms with E-state index in [-0.39, 0.29) is 0 Å². The maximum absolute atomic E-state index is 10.7. The molecule has 0 radical (unpaired) electrons. The van der Waals surface area contributed by atoms with Gasteiger partial charge in [0.15, 0.2) is 0 Å². The van der Waals surface area contributed by atoms with Crippen LogP contribution in [0.1, 0.15) is 68.1 Å². The predicted molar refractivity (Wildman–Crippen MR) is 97.3 cm³/mol. The van der Waals surface area contributed by atoms with Gasteiger partial charge in [0, 0.05) is 12.2 Å². The van der Waals surface area contributed by atoms with Gasteiger partial charge in [0.25, 0.3) is 0 Å². The molecule has 0 bridgehead atoms. The highest BCUT2D eigenvalue weighted by atomic mass is 32.1. The minimum Gasteiger partial charge on any atom is -0.478 e. The van der Waals surface area contributed by atoms with Crippen molar-refractivity contribution in [2.75, 3.05) is 17.6 Å². The SMILES string of the molecule is O=C(O)c1ccc(NCCCCCCCCCCCS)cc1. The number of carboxylic acid groups (broad SMARTS) is 1. The van der Waals surface area contributed by atoms with Crippen molar-refractivity contribution in [2.24, 2.45) is 0 Å². The topological polar surface area (TPSA) is 49.3 Å². The molecule has 0 aromatic heterocycles. The third-order valence-corrected chi connectivity index (χ3v) is 4.11. The number of nitrogens with one attached hydrogen (secondary N) is 1. The lowest BCUT2D eigenvalue weighted by Gasteiger charge is -2.06. The fraction of sp³-hybridized carbons (Fsp3) is 0.611. The first-order chi connectivity index (χ1) is 10.7. The zero-order valence-electron chi connectivity index (χ0n) is 13.4. The zero-order chi connectivity index (χ0) is 16.0. The summed E-state index contributed by atoms with van der Waals surface area (Å²) in [6.45, 7) is 0.953. The predicted octanol–water partition coefficient (Wildman–Crippen LogP) is 5.24. The van der Waals surface area contributed by atoms with E-state index in [1.807, 2.05) is 12.1 Å². The van der Waals surface area contributed by atoms with E-state index in [1.165, 1.54) is 57.8 Å². The van der Waals surface area contributed by atoms with Gasteiger partial charge in [0.2, 0.25) is 0 Å². The molecule has 0 fully saturated rings. The van der Waals surface area contributed by atoms with Gasteiger partial charge in [-0.15, -0.1) is 0 Å². The van der Waals surface area contributed by atoms with Crippen LogP contribution in [-0.4, -0.2) is 23.4 Å². The van der Waals surface area contributed by atoms with Gasteiger partial charge in [0.05, 0.1) is 5.56 Å². The number of hydrogen-bond donors (Lipinski definition) is 3. The fourth-order valence-electron chi connectivity index (χ4n) is 2.44. The van der Waals surface area contributed by atoms with Crippen molar-refractivity contribution in [1.82, 2.24) is 0 Å². The third kappa shape index (κ3) is 8.98. The smallest absolute Gasteiger partial charge is 0.335 e. The summed E-state index contributed by atoms with van der Waals surface area (Å²) >= 11 is 4.22. The van der Waals surface area contributed by atoms with Gasteiger partial charge < -0.3 is 10.4 Å². The summed E-state index contributed by atoms with van der Waals surface area (Å²) < 4.78 is 0. The van der Waals surface area contributed by atoms with Crippen molar-refractivity contribution in [2.45, 2.75) is 57.8 Å². The molecule has 0 saturated carbocycles. The molecule has 0 spiro atoms. The molecule has 22 heavy (non-hydrogen) atoms.